The molecule has 2 aromatic carbocycles. The molecule has 0 amide bonds. The number of hydrogen-bond donors (Lipinski definition) is 0. The van der Waals surface area contributed by atoms with E-state index in [-0.39, 0.29) is 5.78 Å². The zero-order chi connectivity index (χ0) is 13.7. The zero-order valence-electron chi connectivity index (χ0n) is 10.3. The number of ketones is 1. The Kier molecular flexibility index (Phi) is 4.39. The van der Waals surface area contributed by atoms with E-state index in [9.17, 15) is 13.6 Å². The lowest BCUT2D eigenvalue weighted by molar-refractivity contribution is 0.0861. The van der Waals surface area contributed by atoms with Crippen molar-refractivity contribution >= 4 is 5.78 Å². The molecule has 0 bridgehead atoms. The Morgan fingerprint density at radius 1 is 0.895 bits per heavy atom. The van der Waals surface area contributed by atoms with Crippen molar-refractivity contribution in [2.24, 2.45) is 0 Å². The summed E-state index contributed by atoms with van der Waals surface area (Å²) in [5.41, 5.74) is 1.11. The average Bonchev–Trinajstić information content (AvgIpc) is 2.46. The summed E-state index contributed by atoms with van der Waals surface area (Å²) >= 11 is 0. The lowest BCUT2D eigenvalue weighted by Crippen LogP contribution is -2.16. The standard InChI is InChI=1S/C16H14F2O/c17-15(18)11-14(12-7-3-1-4-8-12)16(19)13-9-5-2-6-10-13/h1-10,14-15H,11H2. The second kappa shape index (κ2) is 6.23. The van der Waals surface area contributed by atoms with Crippen LogP contribution in [-0.2, 0) is 0 Å². The monoisotopic (exact) mass is 260 g/mol. The van der Waals surface area contributed by atoms with E-state index in [1.807, 2.05) is 0 Å². The number of benzene rings is 2. The van der Waals surface area contributed by atoms with Crippen LogP contribution in [0.1, 0.15) is 28.3 Å². The van der Waals surface area contributed by atoms with Gasteiger partial charge < -0.3 is 0 Å². The average molecular weight is 260 g/mol. The van der Waals surface area contributed by atoms with Crippen LogP contribution in [0.5, 0.6) is 0 Å². The highest BCUT2D eigenvalue weighted by molar-refractivity contribution is 6.00. The van der Waals surface area contributed by atoms with Crippen molar-refractivity contribution in [3.63, 3.8) is 0 Å². The van der Waals surface area contributed by atoms with Crippen molar-refractivity contribution in [3.8, 4) is 0 Å². The van der Waals surface area contributed by atoms with Crippen LogP contribution in [0.3, 0.4) is 0 Å². The summed E-state index contributed by atoms with van der Waals surface area (Å²) in [7, 11) is 0. The summed E-state index contributed by atoms with van der Waals surface area (Å²) in [6.45, 7) is 0. The maximum atomic E-state index is 12.7. The highest BCUT2D eigenvalue weighted by Crippen LogP contribution is 2.27. The molecule has 0 saturated heterocycles. The Labute approximate surface area is 110 Å². The molecule has 0 saturated carbocycles. The Morgan fingerprint density at radius 2 is 1.42 bits per heavy atom. The quantitative estimate of drug-likeness (QED) is 0.732. The molecule has 1 atom stereocenters. The molecule has 0 aromatic heterocycles. The van der Waals surface area contributed by atoms with Crippen LogP contribution in [0, 0.1) is 0 Å². The first kappa shape index (κ1) is 13.4. The van der Waals surface area contributed by atoms with E-state index in [1.54, 1.807) is 60.7 Å². The van der Waals surface area contributed by atoms with Gasteiger partial charge in [-0.25, -0.2) is 8.78 Å². The predicted molar refractivity (Wildman–Crippen MR) is 70.6 cm³/mol. The number of carbonyl (C=O) groups excluding carboxylic acids is 1. The van der Waals surface area contributed by atoms with Crippen molar-refractivity contribution in [1.82, 2.24) is 0 Å². The van der Waals surface area contributed by atoms with E-state index in [0.717, 1.165) is 0 Å². The van der Waals surface area contributed by atoms with Crippen LogP contribution in [0.2, 0.25) is 0 Å². The third kappa shape index (κ3) is 3.47. The fraction of sp³-hybridized carbons (Fsp3) is 0.188. The van der Waals surface area contributed by atoms with Crippen molar-refractivity contribution < 1.29 is 13.6 Å². The van der Waals surface area contributed by atoms with Crippen LogP contribution < -0.4 is 0 Å². The van der Waals surface area contributed by atoms with Gasteiger partial charge in [0.05, 0.1) is 5.92 Å². The van der Waals surface area contributed by atoms with Gasteiger partial charge in [0, 0.05) is 12.0 Å². The summed E-state index contributed by atoms with van der Waals surface area (Å²) in [5.74, 6) is -1.05. The van der Waals surface area contributed by atoms with Crippen LogP contribution >= 0.6 is 0 Å². The van der Waals surface area contributed by atoms with Gasteiger partial charge >= 0.3 is 0 Å². The first-order valence-electron chi connectivity index (χ1n) is 6.11. The fourth-order valence-electron chi connectivity index (χ4n) is 2.06. The number of rotatable bonds is 5. The van der Waals surface area contributed by atoms with Gasteiger partial charge in [0.2, 0.25) is 6.43 Å². The molecule has 2 rings (SSSR count). The van der Waals surface area contributed by atoms with E-state index in [2.05, 4.69) is 0 Å². The van der Waals surface area contributed by atoms with Gasteiger partial charge in [-0.05, 0) is 5.56 Å². The number of halogens is 2. The van der Waals surface area contributed by atoms with Crippen LogP contribution in [0.15, 0.2) is 60.7 Å². The summed E-state index contributed by atoms with van der Waals surface area (Å²) in [6.07, 6.45) is -2.95. The molecule has 2 aromatic rings. The van der Waals surface area contributed by atoms with E-state index in [4.69, 9.17) is 0 Å². The lowest BCUT2D eigenvalue weighted by Gasteiger charge is -2.16. The molecule has 0 aliphatic carbocycles. The minimum absolute atomic E-state index is 0.257. The first-order chi connectivity index (χ1) is 9.18. The van der Waals surface area contributed by atoms with Crippen LogP contribution in [0.25, 0.3) is 0 Å². The molecule has 0 aliphatic heterocycles. The molecule has 1 nitrogen and oxygen atoms in total. The van der Waals surface area contributed by atoms with Gasteiger partial charge in [0.25, 0.3) is 0 Å². The van der Waals surface area contributed by atoms with E-state index in [0.29, 0.717) is 11.1 Å². The molecule has 0 fully saturated rings. The van der Waals surface area contributed by atoms with E-state index >= 15 is 0 Å². The third-order valence-electron chi connectivity index (χ3n) is 2.99. The van der Waals surface area contributed by atoms with Crippen LogP contribution in [0.4, 0.5) is 8.78 Å². The number of alkyl halides is 2. The van der Waals surface area contributed by atoms with Gasteiger partial charge in [-0.3, -0.25) is 4.79 Å². The Balaban J connectivity index is 2.31. The largest absolute Gasteiger partial charge is 0.293 e. The lowest BCUT2D eigenvalue weighted by atomic mass is 9.88. The molecule has 0 spiro atoms. The molecular weight excluding hydrogens is 246 g/mol. The SMILES string of the molecule is O=C(c1ccccc1)C(CC(F)F)c1ccccc1. The molecule has 0 heterocycles. The van der Waals surface area contributed by atoms with Gasteiger partial charge in [0.1, 0.15) is 0 Å². The summed E-state index contributed by atoms with van der Waals surface area (Å²) in [4.78, 5) is 12.3. The van der Waals surface area contributed by atoms with Gasteiger partial charge in [-0.1, -0.05) is 60.7 Å². The molecule has 0 radical (unpaired) electrons. The molecular formula is C16H14F2O. The second-order valence-corrected chi connectivity index (χ2v) is 4.32. The topological polar surface area (TPSA) is 17.1 Å². The molecule has 98 valence electrons. The maximum Gasteiger partial charge on any atom is 0.239 e. The molecule has 19 heavy (non-hydrogen) atoms. The maximum absolute atomic E-state index is 12.7. The predicted octanol–water partition coefficient (Wildman–Crippen LogP) is 4.31. The van der Waals surface area contributed by atoms with Gasteiger partial charge in [-0.15, -0.1) is 0 Å². The first-order valence-corrected chi connectivity index (χ1v) is 6.11. The molecule has 3 heteroatoms. The minimum atomic E-state index is -2.50. The fourth-order valence-corrected chi connectivity index (χ4v) is 2.06. The highest BCUT2D eigenvalue weighted by atomic mass is 19.3. The third-order valence-corrected chi connectivity index (χ3v) is 2.99. The molecule has 0 aliphatic rings. The number of hydrogen-bond acceptors (Lipinski definition) is 1. The summed E-state index contributed by atoms with van der Waals surface area (Å²) in [6, 6.07) is 17.3. The Morgan fingerprint density at radius 3 is 1.95 bits per heavy atom. The second-order valence-electron chi connectivity index (χ2n) is 4.32. The van der Waals surface area contributed by atoms with Crippen molar-refractivity contribution in [2.45, 2.75) is 18.8 Å². The van der Waals surface area contributed by atoms with Crippen molar-refractivity contribution in [2.75, 3.05) is 0 Å². The van der Waals surface area contributed by atoms with Gasteiger partial charge in [0.15, 0.2) is 5.78 Å². The van der Waals surface area contributed by atoms with Crippen molar-refractivity contribution in [3.05, 3.63) is 71.8 Å². The summed E-state index contributed by atoms with van der Waals surface area (Å²) in [5, 5.41) is 0. The minimum Gasteiger partial charge on any atom is -0.293 e. The Bertz CT molecular complexity index is 523. The van der Waals surface area contributed by atoms with E-state index < -0.39 is 18.8 Å². The summed E-state index contributed by atoms with van der Waals surface area (Å²) < 4.78 is 25.4. The molecule has 0 N–H and O–H groups in total. The van der Waals surface area contributed by atoms with E-state index in [1.165, 1.54) is 0 Å². The Hall–Kier alpha value is -2.03. The number of Topliss-reactive ketones (excluding diaryl/α,β-unsaturated/α-hetero) is 1. The highest BCUT2D eigenvalue weighted by Gasteiger charge is 2.25. The van der Waals surface area contributed by atoms with Gasteiger partial charge in [-0.2, -0.15) is 0 Å². The molecule has 1 unspecified atom stereocenters. The van der Waals surface area contributed by atoms with Crippen molar-refractivity contribution in [1.29, 1.82) is 0 Å². The normalized spacial score (nSPS) is 12.4. The number of carbonyl (C=O) groups is 1. The van der Waals surface area contributed by atoms with Crippen LogP contribution in [-0.4, -0.2) is 12.2 Å². The zero-order valence-corrected chi connectivity index (χ0v) is 10.3. The smallest absolute Gasteiger partial charge is 0.239 e.